The Bertz CT molecular complexity index is 1520. The summed E-state index contributed by atoms with van der Waals surface area (Å²) in [4.78, 5) is 26.1. The molecule has 3 aromatic rings. The Balaban J connectivity index is 1.26. The molecule has 7 atom stereocenters. The van der Waals surface area contributed by atoms with Crippen LogP contribution in [0.2, 0.25) is 0 Å². The maximum absolute atomic E-state index is 13.5. The number of anilines is 1. The SMILES string of the molecule is C[C@@H]1CN(C(=NC2C[C@@H]3C[C@H]([C@@H]2C)C3(C)C)Nc2ccc3c(=O)n([C@H](C)Cc4ccc(Br)cc4)cnc3c2)C[C@H](C)N1. The van der Waals surface area contributed by atoms with Crippen molar-refractivity contribution in [3.63, 3.8) is 0 Å². The smallest absolute Gasteiger partial charge is 0.261 e. The summed E-state index contributed by atoms with van der Waals surface area (Å²) in [6, 6.07) is 15.3. The van der Waals surface area contributed by atoms with Gasteiger partial charge in [0.15, 0.2) is 5.96 Å². The van der Waals surface area contributed by atoms with Gasteiger partial charge in [-0.2, -0.15) is 0 Å². The normalized spacial score (nSPS) is 29.7. The van der Waals surface area contributed by atoms with E-state index in [4.69, 9.17) is 9.98 Å². The molecule has 1 unspecified atom stereocenters. The minimum Gasteiger partial charge on any atom is -0.340 e. The van der Waals surface area contributed by atoms with Crippen molar-refractivity contribution >= 4 is 38.5 Å². The molecule has 0 amide bonds. The molecule has 3 aliphatic carbocycles. The first-order valence-corrected chi connectivity index (χ1v) is 16.4. The minimum absolute atomic E-state index is 0.00234. The van der Waals surface area contributed by atoms with E-state index >= 15 is 0 Å². The molecule has 4 fully saturated rings. The molecule has 2 heterocycles. The number of aromatic nitrogens is 2. The fraction of sp³-hybridized carbons (Fsp3) is 0.559. The van der Waals surface area contributed by atoms with Crippen LogP contribution in [0.3, 0.4) is 0 Å². The maximum Gasteiger partial charge on any atom is 0.261 e. The lowest BCUT2D eigenvalue weighted by atomic mass is 9.45. The van der Waals surface area contributed by atoms with Gasteiger partial charge in [-0.1, -0.05) is 48.8 Å². The molecule has 3 saturated carbocycles. The van der Waals surface area contributed by atoms with Crippen molar-refractivity contribution in [2.45, 2.75) is 85.0 Å². The molecule has 8 heteroatoms. The largest absolute Gasteiger partial charge is 0.340 e. The van der Waals surface area contributed by atoms with Crippen LogP contribution in [-0.2, 0) is 6.42 Å². The third-order valence-corrected chi connectivity index (χ3v) is 10.9. The van der Waals surface area contributed by atoms with Crippen LogP contribution in [0.1, 0.15) is 66.0 Å². The van der Waals surface area contributed by atoms with Crippen molar-refractivity contribution < 1.29 is 0 Å². The number of benzene rings is 2. The monoisotopic (exact) mass is 632 g/mol. The van der Waals surface area contributed by atoms with Gasteiger partial charge in [-0.3, -0.25) is 9.36 Å². The summed E-state index contributed by atoms with van der Waals surface area (Å²) in [6.07, 6.45) is 4.97. The van der Waals surface area contributed by atoms with Gasteiger partial charge in [0, 0.05) is 41.4 Å². The van der Waals surface area contributed by atoms with Crippen LogP contribution in [0, 0.1) is 23.2 Å². The first-order chi connectivity index (χ1) is 20.0. The summed E-state index contributed by atoms with van der Waals surface area (Å²) >= 11 is 3.50. The quantitative estimate of drug-likeness (QED) is 0.249. The van der Waals surface area contributed by atoms with Gasteiger partial charge in [0.25, 0.3) is 5.56 Å². The molecule has 2 aromatic carbocycles. The van der Waals surface area contributed by atoms with Gasteiger partial charge in [0.05, 0.1) is 23.3 Å². The number of halogens is 1. The Hall–Kier alpha value is -2.71. The second-order valence-electron chi connectivity index (χ2n) is 13.8. The Morgan fingerprint density at radius 3 is 2.50 bits per heavy atom. The molecule has 1 saturated heterocycles. The molecule has 7 rings (SSSR count). The van der Waals surface area contributed by atoms with E-state index in [-0.39, 0.29) is 11.6 Å². The summed E-state index contributed by atoms with van der Waals surface area (Å²) < 4.78 is 2.81. The highest BCUT2D eigenvalue weighted by molar-refractivity contribution is 9.10. The third-order valence-electron chi connectivity index (χ3n) is 10.4. The van der Waals surface area contributed by atoms with Crippen LogP contribution in [0.25, 0.3) is 10.9 Å². The molecular weight excluding hydrogens is 588 g/mol. The molecule has 1 aliphatic heterocycles. The van der Waals surface area contributed by atoms with E-state index in [2.05, 4.69) is 85.1 Å². The number of hydrogen-bond donors (Lipinski definition) is 2. The van der Waals surface area contributed by atoms with Gasteiger partial charge >= 0.3 is 0 Å². The van der Waals surface area contributed by atoms with E-state index in [1.54, 1.807) is 10.9 Å². The van der Waals surface area contributed by atoms with Crippen LogP contribution >= 0.6 is 15.9 Å². The number of hydrogen-bond acceptors (Lipinski definition) is 4. The second kappa shape index (κ2) is 11.4. The lowest BCUT2D eigenvalue weighted by Gasteiger charge is -2.61. The molecule has 224 valence electrons. The topological polar surface area (TPSA) is 74.5 Å². The molecule has 1 aromatic heterocycles. The van der Waals surface area contributed by atoms with Crippen molar-refractivity contribution in [2.75, 3.05) is 18.4 Å². The number of rotatable bonds is 5. The molecule has 7 nitrogen and oxygen atoms in total. The zero-order valence-electron chi connectivity index (χ0n) is 25.8. The molecule has 0 spiro atoms. The Kier molecular flexibility index (Phi) is 7.98. The van der Waals surface area contributed by atoms with Crippen LogP contribution in [0.4, 0.5) is 5.69 Å². The lowest BCUT2D eigenvalue weighted by Crippen LogP contribution is -2.59. The van der Waals surface area contributed by atoms with E-state index in [0.29, 0.717) is 40.4 Å². The van der Waals surface area contributed by atoms with Crippen molar-refractivity contribution in [3.8, 4) is 0 Å². The molecular formula is C34H45BrN6O. The van der Waals surface area contributed by atoms with E-state index in [1.165, 1.54) is 12.0 Å². The zero-order valence-corrected chi connectivity index (χ0v) is 27.4. The van der Waals surface area contributed by atoms with Crippen molar-refractivity contribution in [1.29, 1.82) is 0 Å². The molecule has 2 N–H and O–H groups in total. The first kappa shape index (κ1) is 29.4. The molecule has 4 aliphatic rings. The van der Waals surface area contributed by atoms with Gasteiger partial charge in [0.1, 0.15) is 0 Å². The van der Waals surface area contributed by atoms with Crippen LogP contribution < -0.4 is 16.2 Å². The van der Waals surface area contributed by atoms with Crippen molar-refractivity contribution in [1.82, 2.24) is 19.8 Å². The van der Waals surface area contributed by atoms with E-state index in [9.17, 15) is 4.79 Å². The zero-order chi connectivity index (χ0) is 29.8. The molecule has 0 radical (unpaired) electrons. The number of nitrogens with zero attached hydrogens (tertiary/aromatic N) is 4. The summed E-state index contributed by atoms with van der Waals surface area (Å²) in [6.45, 7) is 15.7. The third kappa shape index (κ3) is 5.64. The summed E-state index contributed by atoms with van der Waals surface area (Å²) in [5, 5.41) is 7.98. The van der Waals surface area contributed by atoms with E-state index in [1.807, 2.05) is 30.3 Å². The van der Waals surface area contributed by atoms with Gasteiger partial charge in [-0.15, -0.1) is 0 Å². The van der Waals surface area contributed by atoms with Crippen molar-refractivity contribution in [2.24, 2.45) is 28.2 Å². The first-order valence-electron chi connectivity index (χ1n) is 15.6. The summed E-state index contributed by atoms with van der Waals surface area (Å²) in [7, 11) is 0. The summed E-state index contributed by atoms with van der Waals surface area (Å²) in [5.41, 5.74) is 3.24. The predicted octanol–water partition coefficient (Wildman–Crippen LogP) is 6.48. The molecule has 42 heavy (non-hydrogen) atoms. The van der Waals surface area contributed by atoms with Crippen LogP contribution in [0.5, 0.6) is 0 Å². The predicted molar refractivity (Wildman–Crippen MR) is 176 cm³/mol. The van der Waals surface area contributed by atoms with Gasteiger partial charge in [-0.25, -0.2) is 9.98 Å². The van der Waals surface area contributed by atoms with Gasteiger partial charge in [0.2, 0.25) is 0 Å². The van der Waals surface area contributed by atoms with Crippen LogP contribution in [-0.4, -0.2) is 51.6 Å². The van der Waals surface area contributed by atoms with Crippen molar-refractivity contribution in [3.05, 3.63) is 69.2 Å². The fourth-order valence-electron chi connectivity index (χ4n) is 7.86. The highest BCUT2D eigenvalue weighted by atomic mass is 79.9. The lowest BCUT2D eigenvalue weighted by molar-refractivity contribution is -0.108. The second-order valence-corrected chi connectivity index (χ2v) is 14.8. The standard InChI is InChI=1S/C34H45BrN6O/c1-20-17-40(18-21(2)37-20)33(39-30-15-25-14-29(23(30)4)34(25,5)6)38-27-11-12-28-31(16-27)36-19-41(32(28)42)22(3)13-24-7-9-26(35)10-8-24/h7-12,16,19-23,25,29-30,37H,13-15,17-18H2,1-6H3,(H,38,39)/t20-,21+,22-,23+,25+,29-,30?/m1/s1. The Labute approximate surface area is 258 Å². The summed E-state index contributed by atoms with van der Waals surface area (Å²) in [5.74, 6) is 3.01. The van der Waals surface area contributed by atoms with Gasteiger partial charge < -0.3 is 15.5 Å². The fourth-order valence-corrected chi connectivity index (χ4v) is 8.12. The minimum atomic E-state index is -0.00678. The number of nitrogens with one attached hydrogen (secondary N) is 2. The van der Waals surface area contributed by atoms with Crippen LogP contribution in [0.15, 0.2) is 63.1 Å². The molecule has 2 bridgehead atoms. The highest BCUT2D eigenvalue weighted by Crippen LogP contribution is 2.61. The van der Waals surface area contributed by atoms with E-state index in [0.717, 1.165) is 53.9 Å². The Morgan fingerprint density at radius 1 is 1.12 bits per heavy atom. The number of guanidine groups is 1. The van der Waals surface area contributed by atoms with Gasteiger partial charge in [-0.05, 0) is 99.1 Å². The Morgan fingerprint density at radius 2 is 1.83 bits per heavy atom. The highest BCUT2D eigenvalue weighted by Gasteiger charge is 2.56. The number of piperazine rings is 1. The average Bonchev–Trinajstić information content (AvgIpc) is 2.94. The average molecular weight is 634 g/mol. The number of aliphatic imine (C=N–C) groups is 1. The maximum atomic E-state index is 13.5. The number of fused-ring (bicyclic) bond motifs is 3. The van der Waals surface area contributed by atoms with E-state index < -0.39 is 0 Å².